The number of methoxy groups -OCH3 is 1. The molecule has 3 N–H and O–H groups in total. The molecule has 1 aromatic carbocycles. The fraction of sp³-hybridized carbons (Fsp3) is 0.593. The molecule has 5 atom stereocenters. The Bertz CT molecular complexity index is 1850. The third-order valence-electron chi connectivity index (χ3n) is 7.28. The van der Waals surface area contributed by atoms with E-state index in [-0.39, 0.29) is 23.5 Å². The first-order valence-electron chi connectivity index (χ1n) is 15.7. The second-order valence-electron chi connectivity index (χ2n) is 10.6. The zero-order chi connectivity index (χ0) is 40.1. The van der Waals surface area contributed by atoms with Crippen LogP contribution in [0.1, 0.15) is 25.1 Å². The van der Waals surface area contributed by atoms with Crippen LogP contribution in [0.2, 0.25) is 0 Å². The average molecular weight is 834 g/mol. The number of phosphoric acid groups is 3. The van der Waals surface area contributed by atoms with Crippen LogP contribution in [-0.4, -0.2) is 101 Å². The van der Waals surface area contributed by atoms with Crippen molar-refractivity contribution in [3.8, 4) is 11.5 Å². The average Bonchev–Trinajstić information content (AvgIpc) is 3.56. The Morgan fingerprint density at radius 1 is 1.00 bits per heavy atom. The molecule has 2 aromatic rings. The van der Waals surface area contributed by atoms with Crippen molar-refractivity contribution in [2.24, 2.45) is 0 Å². The van der Waals surface area contributed by atoms with Crippen LogP contribution in [0.15, 0.2) is 34.0 Å². The molecule has 24 nitrogen and oxygen atoms in total. The summed E-state index contributed by atoms with van der Waals surface area (Å²) >= 11 is 0. The number of likely N-dealkylation sites (N-methyl/N-ethyl adjacent to an activating group) is 1. The molecular weight excluding hydrogens is 791 g/mol. The minimum absolute atomic E-state index is 0.00610. The lowest BCUT2D eigenvalue weighted by Crippen LogP contribution is -2.34. The van der Waals surface area contributed by atoms with E-state index in [1.807, 2.05) is 6.92 Å². The number of carbonyl (C=O) groups excluding carboxylic acids is 1. The molecule has 1 saturated heterocycles. The third-order valence-corrected chi connectivity index (χ3v) is 12.7. The van der Waals surface area contributed by atoms with Crippen LogP contribution in [0, 0.1) is 10.1 Å². The van der Waals surface area contributed by atoms with Gasteiger partial charge in [0.2, 0.25) is 0 Å². The smallest absolute Gasteiger partial charge is 0.492 e. The minimum Gasteiger partial charge on any atom is -0.493 e. The number of carbonyl (C=O) groups is 1. The van der Waals surface area contributed by atoms with E-state index >= 15 is 0 Å². The lowest BCUT2D eigenvalue weighted by Gasteiger charge is -2.24. The van der Waals surface area contributed by atoms with Crippen molar-refractivity contribution >= 4 is 35.1 Å². The molecule has 0 radical (unpaired) electrons. The molecule has 1 aromatic heterocycles. The molecule has 1 amide bonds. The summed E-state index contributed by atoms with van der Waals surface area (Å²) in [6, 6.07) is 3.40. The van der Waals surface area contributed by atoms with Crippen LogP contribution in [0.4, 0.5) is 5.69 Å². The summed E-state index contributed by atoms with van der Waals surface area (Å²) in [5.74, 6) is -0.529. The van der Waals surface area contributed by atoms with Gasteiger partial charge in [-0.1, -0.05) is 6.92 Å². The van der Waals surface area contributed by atoms with Crippen LogP contribution >= 0.6 is 23.5 Å². The summed E-state index contributed by atoms with van der Waals surface area (Å²) in [7, 11) is -9.71. The molecule has 0 spiro atoms. The van der Waals surface area contributed by atoms with Gasteiger partial charge in [0.1, 0.15) is 12.3 Å². The maximum absolute atomic E-state index is 13.4. The van der Waals surface area contributed by atoms with Crippen LogP contribution < -0.4 is 31.4 Å². The normalized spacial score (nSPS) is 19.5. The van der Waals surface area contributed by atoms with Gasteiger partial charge in [0, 0.05) is 60.2 Å². The Labute approximate surface area is 307 Å². The molecule has 1 fully saturated rings. The van der Waals surface area contributed by atoms with Gasteiger partial charge in [0.15, 0.2) is 18.1 Å². The molecular formula is C27H42N5O19P3. The summed E-state index contributed by atoms with van der Waals surface area (Å²) in [5.41, 5.74) is -2.00. The summed E-state index contributed by atoms with van der Waals surface area (Å²) in [4.78, 5) is 49.9. The van der Waals surface area contributed by atoms with Gasteiger partial charge in [-0.2, -0.15) is 8.62 Å². The molecule has 27 heteroatoms. The SMILES string of the molecule is CCNCCNC(=O)COc1cc([N+](=O)[O-])c(COC2C[C@H](n3ccc(=O)[nH]c3=O)O[C@@H]2COP(=O)(OC)OP(=O)(OC)OP(=O)(OC)OC)cc1OC. The topological polar surface area (TPSA) is 292 Å². The summed E-state index contributed by atoms with van der Waals surface area (Å²) in [5, 5.41) is 17.8. The lowest BCUT2D eigenvalue weighted by atomic mass is 10.1. The molecule has 2 heterocycles. The molecule has 1 aliphatic heterocycles. The molecule has 54 heavy (non-hydrogen) atoms. The van der Waals surface area contributed by atoms with Crippen molar-refractivity contribution in [3.05, 3.63) is 60.9 Å². The van der Waals surface area contributed by atoms with Gasteiger partial charge in [-0.3, -0.25) is 51.9 Å². The number of rotatable bonds is 24. The number of benzene rings is 1. The molecule has 3 unspecified atom stereocenters. The van der Waals surface area contributed by atoms with Gasteiger partial charge in [-0.25, -0.2) is 18.5 Å². The number of nitrogens with zero attached hydrogens (tertiary/aromatic N) is 2. The minimum atomic E-state index is -5.03. The van der Waals surface area contributed by atoms with Gasteiger partial charge < -0.3 is 29.6 Å². The fourth-order valence-electron chi connectivity index (χ4n) is 4.60. The van der Waals surface area contributed by atoms with E-state index in [2.05, 4.69) is 29.2 Å². The molecule has 0 saturated carbocycles. The first kappa shape index (κ1) is 45.1. The zero-order valence-corrected chi connectivity index (χ0v) is 32.7. The highest BCUT2D eigenvalue weighted by molar-refractivity contribution is 7.67. The number of hydrogen-bond donors (Lipinski definition) is 3. The Kier molecular flexibility index (Phi) is 17.1. The third kappa shape index (κ3) is 12.6. The van der Waals surface area contributed by atoms with Gasteiger partial charge >= 0.3 is 29.2 Å². The van der Waals surface area contributed by atoms with E-state index in [1.54, 1.807) is 0 Å². The van der Waals surface area contributed by atoms with Gasteiger partial charge in [-0.05, 0) is 12.6 Å². The Morgan fingerprint density at radius 2 is 1.67 bits per heavy atom. The highest BCUT2D eigenvalue weighted by Gasteiger charge is 2.47. The molecule has 304 valence electrons. The number of nitro groups is 1. The highest BCUT2D eigenvalue weighted by atomic mass is 31.3. The van der Waals surface area contributed by atoms with Crippen LogP contribution in [0.5, 0.6) is 11.5 Å². The maximum atomic E-state index is 13.4. The van der Waals surface area contributed by atoms with E-state index < -0.39 is 89.5 Å². The van der Waals surface area contributed by atoms with Crippen molar-refractivity contribution in [1.29, 1.82) is 0 Å². The van der Waals surface area contributed by atoms with E-state index in [9.17, 15) is 38.2 Å². The molecule has 0 bridgehead atoms. The van der Waals surface area contributed by atoms with Gasteiger partial charge in [-0.15, -0.1) is 0 Å². The number of aromatic amines is 1. The number of H-pyrrole nitrogens is 1. The molecule has 0 aliphatic carbocycles. The van der Waals surface area contributed by atoms with Crippen molar-refractivity contribution in [3.63, 3.8) is 0 Å². The second-order valence-corrected chi connectivity index (χ2v) is 16.4. The number of phosphoric ester groups is 2. The summed E-state index contributed by atoms with van der Waals surface area (Å²) in [6.07, 6.45) is -2.43. The monoisotopic (exact) mass is 833 g/mol. The fourth-order valence-corrected chi connectivity index (χ4v) is 9.05. The lowest BCUT2D eigenvalue weighted by molar-refractivity contribution is -0.386. The molecule has 3 rings (SSSR count). The van der Waals surface area contributed by atoms with Crippen molar-refractivity contribution in [1.82, 2.24) is 20.2 Å². The number of aromatic nitrogens is 2. The van der Waals surface area contributed by atoms with Gasteiger partial charge in [0.05, 0.1) is 43.0 Å². The van der Waals surface area contributed by atoms with Crippen LogP contribution in [-0.2, 0) is 65.8 Å². The standard InChI is InChI=1S/C27H42N5O19P3/c1-7-28-9-10-29-25(34)17-47-21-13-19(32(36)37)18(12-20(21)41-2)15-46-22-14-26(31-11-8-24(33)30-27(31)35)49-23(22)16-48-53(39,44-5)51-54(40,45-6)50-52(38,42-3)43-4/h8,11-13,22-23,26,28H,7,9-10,14-17H2,1-6H3,(H,29,34)(H,30,33,35)/t22?,23-,26-,53?,54?/m1/s1. The second kappa shape index (κ2) is 20.5. The predicted molar refractivity (Wildman–Crippen MR) is 184 cm³/mol. The zero-order valence-electron chi connectivity index (χ0n) is 30.0. The van der Waals surface area contributed by atoms with Crippen molar-refractivity contribution in [2.45, 2.75) is 38.4 Å². The summed E-state index contributed by atoms with van der Waals surface area (Å²) in [6.45, 7) is 1.85. The number of nitro benzene ring substituents is 1. The number of hydrogen-bond acceptors (Lipinski definition) is 20. The Morgan fingerprint density at radius 3 is 2.26 bits per heavy atom. The Hall–Kier alpha value is -3.34. The van der Waals surface area contributed by atoms with E-state index in [0.29, 0.717) is 13.1 Å². The predicted octanol–water partition coefficient (Wildman–Crippen LogP) is 2.39. The van der Waals surface area contributed by atoms with E-state index in [0.717, 1.165) is 57.9 Å². The first-order valence-corrected chi connectivity index (χ1v) is 20.1. The van der Waals surface area contributed by atoms with E-state index in [1.165, 1.54) is 13.2 Å². The van der Waals surface area contributed by atoms with Gasteiger partial charge in [0.25, 0.3) is 17.2 Å². The molecule has 1 aliphatic rings. The van der Waals surface area contributed by atoms with Crippen LogP contribution in [0.25, 0.3) is 0 Å². The number of amides is 1. The maximum Gasteiger partial charge on any atom is 0.492 e. The van der Waals surface area contributed by atoms with Crippen molar-refractivity contribution in [2.75, 3.05) is 68.4 Å². The number of nitrogens with one attached hydrogen (secondary N) is 3. The Balaban J connectivity index is 1.85. The van der Waals surface area contributed by atoms with Crippen LogP contribution in [0.3, 0.4) is 0 Å². The first-order chi connectivity index (χ1) is 25.6. The van der Waals surface area contributed by atoms with E-state index in [4.69, 9.17) is 36.6 Å². The highest BCUT2D eigenvalue weighted by Crippen LogP contribution is 2.72. The quantitative estimate of drug-likeness (QED) is 0.0592. The largest absolute Gasteiger partial charge is 0.493 e. The summed E-state index contributed by atoms with van der Waals surface area (Å²) < 4.78 is 96.3. The number of ether oxygens (including phenoxy) is 4. The van der Waals surface area contributed by atoms with Crippen molar-refractivity contribution < 1.29 is 73.6 Å².